The van der Waals surface area contributed by atoms with Crippen LogP contribution in [-0.2, 0) is 12.7 Å². The zero-order chi connectivity index (χ0) is 22.2. The van der Waals surface area contributed by atoms with Crippen LogP contribution >= 0.6 is 0 Å². The second kappa shape index (κ2) is 7.86. The number of benzene rings is 2. The third-order valence-electron chi connectivity index (χ3n) is 4.70. The maximum Gasteiger partial charge on any atom is 0.435 e. The van der Waals surface area contributed by atoms with Crippen molar-refractivity contribution in [2.75, 3.05) is 5.32 Å². The van der Waals surface area contributed by atoms with E-state index in [1.165, 1.54) is 12.1 Å². The Bertz CT molecular complexity index is 1260. The van der Waals surface area contributed by atoms with E-state index in [1.807, 2.05) is 16.8 Å². The molecule has 0 aliphatic rings. The summed E-state index contributed by atoms with van der Waals surface area (Å²) in [4.78, 5) is 12.6. The molecule has 0 unspecified atom stereocenters. The minimum absolute atomic E-state index is 0.197. The molecule has 6 nitrogen and oxygen atoms in total. The van der Waals surface area contributed by atoms with Gasteiger partial charge in [0, 0.05) is 29.3 Å². The van der Waals surface area contributed by atoms with E-state index in [-0.39, 0.29) is 5.69 Å². The lowest BCUT2D eigenvalue weighted by Crippen LogP contribution is -2.21. The Hall–Kier alpha value is -3.69. The molecular weight excluding hydrogens is 414 g/mol. The van der Waals surface area contributed by atoms with Gasteiger partial charge in [0.05, 0.1) is 5.69 Å². The fourth-order valence-electron chi connectivity index (χ4n) is 3.38. The molecule has 4 rings (SSSR count). The Labute approximate surface area is 174 Å². The minimum Gasteiger partial charge on any atom is -0.347 e. The van der Waals surface area contributed by atoms with Crippen molar-refractivity contribution in [3.05, 3.63) is 71.9 Å². The second-order valence-corrected chi connectivity index (χ2v) is 6.91. The molecule has 1 N–H and O–H groups in total. The zero-order valence-corrected chi connectivity index (χ0v) is 16.3. The van der Waals surface area contributed by atoms with Crippen molar-refractivity contribution in [3.8, 4) is 5.69 Å². The lowest BCUT2D eigenvalue weighted by atomic mass is 10.2. The average Bonchev–Trinajstić information content (AvgIpc) is 3.33. The van der Waals surface area contributed by atoms with Crippen LogP contribution in [0.2, 0.25) is 0 Å². The van der Waals surface area contributed by atoms with Gasteiger partial charge in [-0.15, -0.1) is 5.10 Å². The van der Waals surface area contributed by atoms with Crippen molar-refractivity contribution in [3.63, 3.8) is 0 Å². The molecule has 2 aromatic heterocycles. The molecule has 4 aromatic rings. The lowest BCUT2D eigenvalue weighted by molar-refractivity contribution is -0.143. The van der Waals surface area contributed by atoms with Crippen molar-refractivity contribution >= 4 is 22.5 Å². The highest BCUT2D eigenvalue weighted by Gasteiger charge is 2.42. The topological polar surface area (TPSA) is 64.7 Å². The number of aryl methyl sites for hydroxylation is 1. The minimum atomic E-state index is -4.94. The predicted molar refractivity (Wildman–Crippen MR) is 107 cm³/mol. The van der Waals surface area contributed by atoms with E-state index < -0.39 is 29.3 Å². The molecule has 31 heavy (non-hydrogen) atoms. The first-order valence-electron chi connectivity index (χ1n) is 9.47. The van der Waals surface area contributed by atoms with Gasteiger partial charge in [0.15, 0.2) is 11.4 Å². The van der Waals surface area contributed by atoms with Crippen molar-refractivity contribution in [2.45, 2.75) is 26.1 Å². The molecule has 2 aromatic carbocycles. The smallest absolute Gasteiger partial charge is 0.347 e. The number of carbonyl (C=O) groups excluding carboxylic acids is 1. The fraction of sp³-hybridized carbons (Fsp3) is 0.190. The predicted octanol–water partition coefficient (Wildman–Crippen LogP) is 5.04. The maximum atomic E-state index is 13.7. The van der Waals surface area contributed by atoms with Gasteiger partial charge in [-0.3, -0.25) is 4.79 Å². The highest BCUT2D eigenvalue weighted by atomic mass is 19.4. The number of hydrogen-bond acceptors (Lipinski definition) is 3. The van der Waals surface area contributed by atoms with Crippen LogP contribution in [0.25, 0.3) is 16.6 Å². The monoisotopic (exact) mass is 431 g/mol. The molecule has 10 heteroatoms. The summed E-state index contributed by atoms with van der Waals surface area (Å²) in [6.45, 7) is 2.88. The number of aromatic nitrogens is 4. The van der Waals surface area contributed by atoms with Crippen molar-refractivity contribution in [1.82, 2.24) is 19.6 Å². The van der Waals surface area contributed by atoms with Crippen LogP contribution in [0.15, 0.2) is 54.7 Å². The molecule has 0 radical (unpaired) electrons. The first kappa shape index (κ1) is 20.6. The van der Waals surface area contributed by atoms with Gasteiger partial charge in [-0.2, -0.15) is 13.2 Å². The lowest BCUT2D eigenvalue weighted by Gasteiger charge is -2.11. The number of alkyl halides is 3. The largest absolute Gasteiger partial charge is 0.435 e. The van der Waals surface area contributed by atoms with Gasteiger partial charge in [-0.25, -0.2) is 9.07 Å². The molecule has 2 heterocycles. The number of amides is 1. The zero-order valence-electron chi connectivity index (χ0n) is 16.3. The molecule has 0 spiro atoms. The third kappa shape index (κ3) is 4.00. The van der Waals surface area contributed by atoms with Gasteiger partial charge < -0.3 is 9.88 Å². The van der Waals surface area contributed by atoms with E-state index in [1.54, 1.807) is 18.2 Å². The van der Waals surface area contributed by atoms with E-state index in [4.69, 9.17) is 0 Å². The summed E-state index contributed by atoms with van der Waals surface area (Å²) in [5.74, 6) is -1.81. The number of carbonyl (C=O) groups is 1. The molecule has 1 amide bonds. The number of nitrogens with zero attached hydrogens (tertiary/aromatic N) is 4. The summed E-state index contributed by atoms with van der Waals surface area (Å²) in [6.07, 6.45) is -2.08. The average molecular weight is 431 g/mol. The Morgan fingerprint density at radius 3 is 2.65 bits per heavy atom. The normalized spacial score (nSPS) is 11.8. The molecule has 0 aliphatic carbocycles. The first-order chi connectivity index (χ1) is 14.8. The van der Waals surface area contributed by atoms with Crippen LogP contribution in [0.1, 0.15) is 29.5 Å². The van der Waals surface area contributed by atoms with Gasteiger partial charge in [0.25, 0.3) is 5.91 Å². The van der Waals surface area contributed by atoms with E-state index in [2.05, 4.69) is 22.6 Å². The second-order valence-electron chi connectivity index (χ2n) is 6.91. The summed E-state index contributed by atoms with van der Waals surface area (Å²) in [7, 11) is 0. The molecule has 0 saturated heterocycles. The molecule has 0 bridgehead atoms. The summed E-state index contributed by atoms with van der Waals surface area (Å²) >= 11 is 0. The van der Waals surface area contributed by atoms with Crippen LogP contribution in [0.3, 0.4) is 0 Å². The molecule has 0 fully saturated rings. The highest BCUT2D eigenvalue weighted by molar-refractivity contribution is 6.04. The SMILES string of the molecule is CCCn1ccc2cc(NC(=O)c3nnn(-c4cccc(F)c4)c3C(F)(F)F)ccc21. The van der Waals surface area contributed by atoms with Crippen molar-refractivity contribution < 1.29 is 22.4 Å². The Balaban J connectivity index is 1.68. The summed E-state index contributed by atoms with van der Waals surface area (Å²) in [6, 6.07) is 11.4. The summed E-state index contributed by atoms with van der Waals surface area (Å²) in [5.41, 5.74) is -1.21. The van der Waals surface area contributed by atoms with Crippen LogP contribution in [-0.4, -0.2) is 25.5 Å². The number of halogens is 4. The van der Waals surface area contributed by atoms with Gasteiger partial charge in [-0.1, -0.05) is 18.2 Å². The molecule has 0 aliphatic heterocycles. The van der Waals surface area contributed by atoms with Gasteiger partial charge in [0.2, 0.25) is 0 Å². The van der Waals surface area contributed by atoms with Crippen LogP contribution < -0.4 is 5.32 Å². The molecule has 0 atom stereocenters. The number of hydrogen-bond donors (Lipinski definition) is 1. The summed E-state index contributed by atoms with van der Waals surface area (Å²) < 4.78 is 57.1. The quantitative estimate of drug-likeness (QED) is 0.450. The number of nitrogens with one attached hydrogen (secondary N) is 1. The number of fused-ring (bicyclic) bond motifs is 1. The molecular formula is C21H17F4N5O. The van der Waals surface area contributed by atoms with Gasteiger partial charge in [0.1, 0.15) is 5.82 Å². The molecule has 0 saturated carbocycles. The van der Waals surface area contributed by atoms with Crippen LogP contribution in [0.5, 0.6) is 0 Å². The van der Waals surface area contributed by atoms with E-state index in [9.17, 15) is 22.4 Å². The van der Waals surface area contributed by atoms with E-state index >= 15 is 0 Å². The van der Waals surface area contributed by atoms with Gasteiger partial charge >= 0.3 is 6.18 Å². The highest BCUT2D eigenvalue weighted by Crippen LogP contribution is 2.33. The Morgan fingerprint density at radius 2 is 1.94 bits per heavy atom. The summed E-state index contributed by atoms with van der Waals surface area (Å²) in [5, 5.41) is 10.2. The first-order valence-corrected chi connectivity index (χ1v) is 9.47. The van der Waals surface area contributed by atoms with Crippen LogP contribution in [0, 0.1) is 5.82 Å². The van der Waals surface area contributed by atoms with E-state index in [0.717, 1.165) is 36.0 Å². The fourth-order valence-corrected chi connectivity index (χ4v) is 3.38. The number of anilines is 1. The Morgan fingerprint density at radius 1 is 1.13 bits per heavy atom. The Kier molecular flexibility index (Phi) is 5.22. The van der Waals surface area contributed by atoms with Crippen molar-refractivity contribution in [2.24, 2.45) is 0 Å². The third-order valence-corrected chi connectivity index (χ3v) is 4.70. The maximum absolute atomic E-state index is 13.7. The van der Waals surface area contributed by atoms with Gasteiger partial charge in [-0.05, 0) is 48.9 Å². The van der Waals surface area contributed by atoms with Crippen molar-refractivity contribution in [1.29, 1.82) is 0 Å². The standard InChI is InChI=1S/C21H17F4N5O/c1-2-9-29-10-8-13-11-15(6-7-17(13)29)26-20(31)18-19(21(23,24)25)30(28-27-18)16-5-3-4-14(22)12-16/h3-8,10-12H,2,9H2,1H3,(H,26,31). The molecule has 160 valence electrons. The van der Waals surface area contributed by atoms with E-state index in [0.29, 0.717) is 10.4 Å². The van der Waals surface area contributed by atoms with Crippen LogP contribution in [0.4, 0.5) is 23.2 Å². The number of rotatable bonds is 5.